The van der Waals surface area contributed by atoms with Gasteiger partial charge in [-0.05, 0) is 26.3 Å². The highest BCUT2D eigenvalue weighted by Crippen LogP contribution is 2.25. The Bertz CT molecular complexity index is 457. The molecular formula is C14H23ClN4. The maximum Gasteiger partial charge on any atom is 0.131 e. The summed E-state index contributed by atoms with van der Waals surface area (Å²) in [6.07, 6.45) is 4.13. The first-order chi connectivity index (χ1) is 9.15. The smallest absolute Gasteiger partial charge is 0.131 e. The minimum Gasteiger partial charge on any atom is -0.298 e. The van der Waals surface area contributed by atoms with Crippen molar-refractivity contribution in [2.45, 2.75) is 38.8 Å². The lowest BCUT2D eigenvalue weighted by molar-refractivity contribution is 0.0456. The molecule has 19 heavy (non-hydrogen) atoms. The van der Waals surface area contributed by atoms with Gasteiger partial charge in [-0.3, -0.25) is 14.5 Å². The van der Waals surface area contributed by atoms with Crippen molar-refractivity contribution in [3.05, 3.63) is 16.4 Å². The highest BCUT2D eigenvalue weighted by Gasteiger charge is 2.29. The van der Waals surface area contributed by atoms with Gasteiger partial charge in [-0.25, -0.2) is 0 Å². The number of aromatic nitrogens is 2. The molecule has 106 valence electrons. The first kappa shape index (κ1) is 13.4. The van der Waals surface area contributed by atoms with E-state index in [1.165, 1.54) is 44.5 Å². The van der Waals surface area contributed by atoms with E-state index in [1.54, 1.807) is 4.68 Å². The highest BCUT2D eigenvalue weighted by atomic mass is 35.5. The maximum absolute atomic E-state index is 6.33. The summed E-state index contributed by atoms with van der Waals surface area (Å²) in [5.41, 5.74) is 2.27. The fourth-order valence-corrected chi connectivity index (χ4v) is 3.68. The summed E-state index contributed by atoms with van der Waals surface area (Å²) in [5, 5.41) is 5.20. The fourth-order valence-electron chi connectivity index (χ4n) is 3.44. The zero-order valence-corrected chi connectivity index (χ0v) is 12.7. The monoisotopic (exact) mass is 282 g/mol. The lowest BCUT2D eigenvalue weighted by atomic mass is 9.99. The third kappa shape index (κ3) is 2.67. The van der Waals surface area contributed by atoms with Crippen LogP contribution in [0.15, 0.2) is 0 Å². The van der Waals surface area contributed by atoms with Crippen LogP contribution in [0.4, 0.5) is 0 Å². The molecule has 0 N–H and O–H groups in total. The van der Waals surface area contributed by atoms with E-state index in [0.29, 0.717) is 0 Å². The Labute approximate surface area is 120 Å². The highest BCUT2D eigenvalue weighted by molar-refractivity contribution is 6.30. The predicted molar refractivity (Wildman–Crippen MR) is 77.4 cm³/mol. The molecule has 1 unspecified atom stereocenters. The second kappa shape index (κ2) is 5.43. The number of hydrogen-bond donors (Lipinski definition) is 0. The lowest BCUT2D eigenvalue weighted by Crippen LogP contribution is -2.54. The minimum absolute atomic E-state index is 0.762. The number of hydrogen-bond acceptors (Lipinski definition) is 3. The third-order valence-corrected chi connectivity index (χ3v) is 5.05. The summed E-state index contributed by atoms with van der Waals surface area (Å²) in [5.74, 6) is 0. The number of rotatable bonds is 2. The van der Waals surface area contributed by atoms with E-state index >= 15 is 0 Å². The van der Waals surface area contributed by atoms with Crippen molar-refractivity contribution in [2.75, 3.05) is 26.2 Å². The SMILES string of the molecule is Cc1nn(C)c(Cl)c1CN1CCN2CCCCC2C1. The van der Waals surface area contributed by atoms with Gasteiger partial charge in [0.1, 0.15) is 5.15 Å². The quantitative estimate of drug-likeness (QED) is 0.830. The van der Waals surface area contributed by atoms with Gasteiger partial charge in [-0.1, -0.05) is 18.0 Å². The average molecular weight is 283 g/mol. The van der Waals surface area contributed by atoms with E-state index in [0.717, 1.165) is 30.0 Å². The number of piperidine rings is 1. The third-order valence-electron chi connectivity index (χ3n) is 4.57. The van der Waals surface area contributed by atoms with Crippen molar-refractivity contribution in [3.63, 3.8) is 0 Å². The molecule has 3 rings (SSSR count). The van der Waals surface area contributed by atoms with Crippen LogP contribution in [0.2, 0.25) is 5.15 Å². The second-order valence-corrected chi connectivity index (χ2v) is 6.26. The van der Waals surface area contributed by atoms with Crippen molar-refractivity contribution >= 4 is 11.6 Å². The number of fused-ring (bicyclic) bond motifs is 1. The van der Waals surface area contributed by atoms with Crippen molar-refractivity contribution in [1.82, 2.24) is 19.6 Å². The van der Waals surface area contributed by atoms with Crippen LogP contribution in [0.25, 0.3) is 0 Å². The van der Waals surface area contributed by atoms with Crippen LogP contribution in [0.5, 0.6) is 0 Å². The zero-order valence-electron chi connectivity index (χ0n) is 11.9. The van der Waals surface area contributed by atoms with Gasteiger partial charge in [0.15, 0.2) is 0 Å². The standard InChI is InChI=1S/C14H23ClN4/c1-11-13(14(15)17(2)16-11)10-18-7-8-19-6-4-3-5-12(19)9-18/h12H,3-10H2,1-2H3. The van der Waals surface area contributed by atoms with E-state index in [-0.39, 0.29) is 0 Å². The van der Waals surface area contributed by atoms with Gasteiger partial charge in [0, 0.05) is 44.8 Å². The summed E-state index contributed by atoms with van der Waals surface area (Å²) in [4.78, 5) is 5.21. The topological polar surface area (TPSA) is 24.3 Å². The van der Waals surface area contributed by atoms with Crippen molar-refractivity contribution < 1.29 is 0 Å². The molecule has 2 aliphatic heterocycles. The molecule has 1 atom stereocenters. The molecule has 1 aromatic heterocycles. The van der Waals surface area contributed by atoms with E-state index in [4.69, 9.17) is 11.6 Å². The van der Waals surface area contributed by atoms with Gasteiger partial charge in [-0.2, -0.15) is 5.10 Å². The number of aryl methyl sites for hydroxylation is 2. The molecule has 0 bridgehead atoms. The summed E-state index contributed by atoms with van der Waals surface area (Å²) >= 11 is 6.33. The van der Waals surface area contributed by atoms with Crippen LogP contribution < -0.4 is 0 Å². The number of nitrogens with zero attached hydrogens (tertiary/aromatic N) is 4. The number of piperazine rings is 1. The van der Waals surface area contributed by atoms with E-state index < -0.39 is 0 Å². The molecule has 0 spiro atoms. The summed E-state index contributed by atoms with van der Waals surface area (Å²) in [7, 11) is 1.91. The minimum atomic E-state index is 0.762. The fraction of sp³-hybridized carbons (Fsp3) is 0.786. The molecule has 0 aromatic carbocycles. The lowest BCUT2D eigenvalue weighted by Gasteiger charge is -2.44. The van der Waals surface area contributed by atoms with Gasteiger partial charge in [-0.15, -0.1) is 0 Å². The average Bonchev–Trinajstić information content (AvgIpc) is 2.65. The molecular weight excluding hydrogens is 260 g/mol. The molecule has 0 radical (unpaired) electrons. The van der Waals surface area contributed by atoms with Crippen LogP contribution in [-0.4, -0.2) is 51.8 Å². The second-order valence-electron chi connectivity index (χ2n) is 5.90. The van der Waals surface area contributed by atoms with E-state index in [9.17, 15) is 0 Å². The summed E-state index contributed by atoms with van der Waals surface area (Å²) in [6.45, 7) is 7.85. The molecule has 0 aliphatic carbocycles. The van der Waals surface area contributed by atoms with Crippen LogP contribution in [0, 0.1) is 6.92 Å². The zero-order chi connectivity index (χ0) is 13.4. The Kier molecular flexibility index (Phi) is 3.83. The molecule has 2 saturated heterocycles. The molecule has 3 heterocycles. The first-order valence-corrected chi connectivity index (χ1v) is 7.67. The Morgan fingerprint density at radius 2 is 2.11 bits per heavy atom. The van der Waals surface area contributed by atoms with Gasteiger partial charge in [0.2, 0.25) is 0 Å². The maximum atomic E-state index is 6.33. The van der Waals surface area contributed by atoms with E-state index in [2.05, 4.69) is 21.8 Å². The summed E-state index contributed by atoms with van der Waals surface area (Å²) in [6, 6.07) is 0.762. The number of halogens is 1. The Morgan fingerprint density at radius 1 is 1.26 bits per heavy atom. The Hall–Kier alpha value is -0.580. The Morgan fingerprint density at radius 3 is 2.84 bits per heavy atom. The van der Waals surface area contributed by atoms with Crippen LogP contribution >= 0.6 is 11.6 Å². The largest absolute Gasteiger partial charge is 0.298 e. The van der Waals surface area contributed by atoms with Crippen molar-refractivity contribution in [2.24, 2.45) is 7.05 Å². The van der Waals surface area contributed by atoms with E-state index in [1.807, 2.05) is 7.05 Å². The van der Waals surface area contributed by atoms with Crippen LogP contribution in [0.3, 0.4) is 0 Å². The molecule has 1 aromatic rings. The van der Waals surface area contributed by atoms with Crippen molar-refractivity contribution in [1.29, 1.82) is 0 Å². The predicted octanol–water partition coefficient (Wildman–Crippen LogP) is 2.05. The van der Waals surface area contributed by atoms with Gasteiger partial charge in [0.25, 0.3) is 0 Å². The molecule has 4 nitrogen and oxygen atoms in total. The molecule has 0 saturated carbocycles. The summed E-state index contributed by atoms with van der Waals surface area (Å²) < 4.78 is 1.78. The van der Waals surface area contributed by atoms with Crippen LogP contribution in [-0.2, 0) is 13.6 Å². The van der Waals surface area contributed by atoms with Gasteiger partial charge >= 0.3 is 0 Å². The van der Waals surface area contributed by atoms with Gasteiger partial charge in [0.05, 0.1) is 5.69 Å². The molecule has 2 aliphatic rings. The molecule has 0 amide bonds. The first-order valence-electron chi connectivity index (χ1n) is 7.29. The van der Waals surface area contributed by atoms with Crippen LogP contribution in [0.1, 0.15) is 30.5 Å². The van der Waals surface area contributed by atoms with Gasteiger partial charge < -0.3 is 0 Å². The molecule has 2 fully saturated rings. The Balaban J connectivity index is 1.67. The van der Waals surface area contributed by atoms with Crippen molar-refractivity contribution in [3.8, 4) is 0 Å². The normalized spacial score (nSPS) is 25.5. The molecule has 5 heteroatoms.